The lowest BCUT2D eigenvalue weighted by atomic mass is 10.1. The summed E-state index contributed by atoms with van der Waals surface area (Å²) in [6, 6.07) is 23.4. The van der Waals surface area contributed by atoms with E-state index < -0.39 is 146 Å². The van der Waals surface area contributed by atoms with Gasteiger partial charge in [-0.1, -0.05) is 18.2 Å². The second kappa shape index (κ2) is 34.8. The molecule has 0 saturated carbocycles. The molecule has 0 saturated heterocycles. The number of carbonyl (C=O) groups is 1. The predicted octanol–water partition coefficient (Wildman–Crippen LogP) is 12.1. The number of carbonyl (C=O) groups excluding carboxylic acids is 1. The molecule has 580 valence electrons. The van der Waals surface area contributed by atoms with Crippen molar-refractivity contribution >= 4 is 193 Å². The second-order valence-electron chi connectivity index (χ2n) is 22.9. The molecule has 110 heavy (non-hydrogen) atoms. The van der Waals surface area contributed by atoms with Gasteiger partial charge in [-0.05, 0) is 117 Å². The Kier molecular flexibility index (Phi) is 26.4. The fourth-order valence-electron chi connectivity index (χ4n) is 9.69. The molecule has 42 nitrogen and oxygen atoms in total. The maximum Gasteiger partial charge on any atom is 0.297 e. The zero-order chi connectivity index (χ0) is 80.3. The molecular weight excluding hydrogens is 1610 g/mol. The quantitative estimate of drug-likeness (QED) is 0.00439. The number of imidazole rings is 1. The van der Waals surface area contributed by atoms with Crippen LogP contribution in [0.15, 0.2) is 164 Å². The number of rotatable bonds is 35. The number of nitro groups is 1. The topological polar surface area (TPSA) is 643 Å². The number of benzene rings is 6. The van der Waals surface area contributed by atoms with Crippen LogP contribution in [0.4, 0.5) is 86.1 Å². The number of nitrogens with one attached hydrogen (secondary N) is 4. The van der Waals surface area contributed by atoms with Crippen molar-refractivity contribution in [2.24, 2.45) is 40.9 Å². The van der Waals surface area contributed by atoms with Gasteiger partial charge in [0.25, 0.3) is 66.4 Å². The number of nitro benzene ring substituents is 1. The van der Waals surface area contributed by atoms with Crippen molar-refractivity contribution in [1.82, 2.24) is 24.3 Å². The standard InChI is InChI=1S/C60H59N19O23S8/c1-33-24-47(74-77-55-34(2)39(32-61)56-65-40-12-4-5-13-50(40)78(56)57(55)81)51(102-17-7-20-105(84,85)86)29-42(33)71-75-49-28-44(66-60-68-58(62-16-23-108(93,94)95)67-59(69-60)64-36-10-6-11-38(25-36)109(96,97)98)46(31-53(49)104-19-9-22-107(90,91)92)73-76-48-27-43(63-35(3)80)45(30-52(48)103-18-8-21-106(87,88)89)72-70-41-15-14-37(79(82)83)26-54(41)110(99,100)101/h4-6,10-15,24-31,81H,7-9,16-23H2,1-3H3,(H,63,80)(H,84,85,86)(H,87,88,89)(H,90,91,92)(H,93,94,95)(H,96,97,98)(H,99,100,101)(H3,62,64,66,67,68,69). The van der Waals surface area contributed by atoms with Crippen molar-refractivity contribution in [2.45, 2.75) is 59.6 Å². The maximum atomic E-state index is 12.9. The summed E-state index contributed by atoms with van der Waals surface area (Å²) in [6.45, 7) is 3.22. The van der Waals surface area contributed by atoms with E-state index in [0.29, 0.717) is 17.1 Å². The van der Waals surface area contributed by atoms with E-state index in [1.165, 1.54) is 59.9 Å². The maximum absolute atomic E-state index is 12.9. The Morgan fingerprint density at radius 3 is 1.74 bits per heavy atom. The first kappa shape index (κ1) is 83.2. The Morgan fingerprint density at radius 1 is 0.591 bits per heavy atom. The first-order valence-corrected chi connectivity index (χ1v) is 42.4. The van der Waals surface area contributed by atoms with Crippen LogP contribution in [0.25, 0.3) is 16.7 Å². The second-order valence-corrected chi connectivity index (χ2v) is 34.3. The van der Waals surface area contributed by atoms with Crippen molar-refractivity contribution in [3.8, 4) is 17.7 Å². The van der Waals surface area contributed by atoms with Crippen LogP contribution in [-0.2, 0) is 65.5 Å². The summed E-state index contributed by atoms with van der Waals surface area (Å²) in [6.07, 6.45) is -0.689. The van der Waals surface area contributed by atoms with E-state index in [1.54, 1.807) is 31.2 Å². The van der Waals surface area contributed by atoms with Gasteiger partial charge in [-0.3, -0.25) is 46.6 Å². The van der Waals surface area contributed by atoms with Gasteiger partial charge in [0, 0.05) is 52.7 Å². The monoisotopic (exact) mass is 1670 g/mol. The van der Waals surface area contributed by atoms with Gasteiger partial charge in [0.15, 0.2) is 11.3 Å². The number of pyridine rings is 1. The number of hydrogen-bond donors (Lipinski definition) is 11. The molecule has 6 aromatic carbocycles. The number of aromatic hydroxyl groups is 1. The van der Waals surface area contributed by atoms with E-state index in [4.69, 9.17) is 4.74 Å². The van der Waals surface area contributed by atoms with Gasteiger partial charge in [0.2, 0.25) is 29.6 Å². The lowest BCUT2D eigenvalue weighted by Gasteiger charge is -2.15. The first-order chi connectivity index (χ1) is 51.6. The van der Waals surface area contributed by atoms with Gasteiger partial charge >= 0.3 is 0 Å². The van der Waals surface area contributed by atoms with Crippen LogP contribution in [0.3, 0.4) is 0 Å². The molecule has 11 N–H and O–H groups in total. The van der Waals surface area contributed by atoms with Gasteiger partial charge in [-0.2, -0.15) is 75.8 Å². The molecular formula is C60H59N19O23S8. The zero-order valence-corrected chi connectivity index (χ0v) is 63.3. The molecule has 0 bridgehead atoms. The third-order valence-electron chi connectivity index (χ3n) is 14.6. The first-order valence-electron chi connectivity index (χ1n) is 31.1. The van der Waals surface area contributed by atoms with Gasteiger partial charge in [-0.15, -0.1) is 59.3 Å². The summed E-state index contributed by atoms with van der Waals surface area (Å²) in [5.41, 5.74) is -1.40. The highest BCUT2D eigenvalue weighted by molar-refractivity contribution is 7.99. The number of nitrogens with zero attached hydrogens (tertiary/aromatic N) is 15. The lowest BCUT2D eigenvalue weighted by molar-refractivity contribution is -0.385. The summed E-state index contributed by atoms with van der Waals surface area (Å²) >= 11 is 1.79. The van der Waals surface area contributed by atoms with Crippen LogP contribution >= 0.6 is 23.5 Å². The third-order valence-corrected chi connectivity index (χ3v) is 21.7. The van der Waals surface area contributed by atoms with E-state index in [1.807, 2.05) is 0 Å². The highest BCUT2D eigenvalue weighted by atomic mass is 32.2. The number of azo groups is 4. The van der Waals surface area contributed by atoms with Crippen LogP contribution in [0.2, 0.25) is 0 Å². The van der Waals surface area contributed by atoms with Crippen molar-refractivity contribution in [1.29, 1.82) is 5.26 Å². The fourth-order valence-corrected chi connectivity index (χ4v) is 15.0. The number of amides is 1. The smallest absolute Gasteiger partial charge is 0.297 e. The summed E-state index contributed by atoms with van der Waals surface area (Å²) in [5.74, 6) is -5.99. The number of aryl methyl sites for hydroxylation is 1. The number of para-hydroxylation sites is 2. The number of anilines is 6. The highest BCUT2D eigenvalue weighted by Gasteiger charge is 2.25. The average molecular weight is 1670 g/mol. The van der Waals surface area contributed by atoms with Crippen molar-refractivity contribution in [3.05, 3.63) is 130 Å². The number of nitriles is 1. The molecule has 50 heteroatoms. The summed E-state index contributed by atoms with van der Waals surface area (Å²) < 4.78 is 210. The molecule has 3 aromatic heterocycles. The molecule has 0 fully saturated rings. The fraction of sp³-hybridized carbons (Fsp3) is 0.233. The molecule has 1 amide bonds. The molecule has 9 rings (SSSR count). The minimum absolute atomic E-state index is 0.00414. The molecule has 0 aliphatic rings. The van der Waals surface area contributed by atoms with Gasteiger partial charge < -0.3 is 31.1 Å². The van der Waals surface area contributed by atoms with Crippen molar-refractivity contribution in [3.63, 3.8) is 0 Å². The lowest BCUT2D eigenvalue weighted by Crippen LogP contribution is -2.17. The average Bonchev–Trinajstić information content (AvgIpc) is 1.57. The number of non-ortho nitro benzene ring substituents is 1. The Hall–Kier alpha value is -10.8. The Morgan fingerprint density at radius 2 is 1.15 bits per heavy atom. The number of aromatic nitrogens is 5. The SMILES string of the molecule is CC(=O)Nc1cc(N=Nc2cc(SCCCS(=O)(=O)O)c(N=Nc3cc(OCCCS(=O)(=O)O)c(N=Nc4c(C)c(C#N)c5nc6ccccc6n5c4O)cc3C)cc2Nc2nc(NCCS(=O)(=O)O)nc(Nc3cccc(S(=O)(=O)O)c3)n2)c(SCCCS(=O)(=O)O)cc1N=Nc1ccc([N+](=O)[O-])cc1S(=O)(=O)O. The van der Waals surface area contributed by atoms with Crippen LogP contribution in [0, 0.1) is 35.3 Å². The van der Waals surface area contributed by atoms with Gasteiger partial charge in [0.05, 0.1) is 67.5 Å². The minimum atomic E-state index is -5.22. The molecule has 0 atom stereocenters. The number of ether oxygens (including phenoxy) is 1. The molecule has 0 aliphatic heterocycles. The van der Waals surface area contributed by atoms with Gasteiger partial charge in [-0.25, -0.2) is 4.98 Å². The summed E-state index contributed by atoms with van der Waals surface area (Å²) in [5, 5.41) is 79.4. The molecule has 3 heterocycles. The minimum Gasteiger partial charge on any atom is -0.493 e. The summed E-state index contributed by atoms with van der Waals surface area (Å²) in [7, 11) is -28.2. The summed E-state index contributed by atoms with van der Waals surface area (Å²) in [4.78, 5) is 39.6. The van der Waals surface area contributed by atoms with Gasteiger partial charge in [0.1, 0.15) is 56.4 Å². The van der Waals surface area contributed by atoms with E-state index >= 15 is 0 Å². The molecule has 0 unspecified atom stereocenters. The van der Waals surface area contributed by atoms with E-state index in [0.717, 1.165) is 54.7 Å². The Bertz CT molecular complexity index is 6050. The van der Waals surface area contributed by atoms with Crippen molar-refractivity contribution in [2.75, 3.05) is 68.9 Å². The largest absolute Gasteiger partial charge is 0.493 e. The van der Waals surface area contributed by atoms with Crippen LogP contribution in [0.1, 0.15) is 42.9 Å². The van der Waals surface area contributed by atoms with Crippen LogP contribution < -0.4 is 26.0 Å². The zero-order valence-electron chi connectivity index (χ0n) is 56.7. The Balaban J connectivity index is 1.25. The number of fused-ring (bicyclic) bond motifs is 3. The molecule has 0 aliphatic carbocycles. The third kappa shape index (κ3) is 23.4. The van der Waals surface area contributed by atoms with E-state index in [9.17, 15) is 103 Å². The molecule has 0 spiro atoms. The van der Waals surface area contributed by atoms with Crippen molar-refractivity contribution < 1.29 is 97.4 Å². The van der Waals surface area contributed by atoms with Crippen LogP contribution in [-0.4, -0.2) is 166 Å². The van der Waals surface area contributed by atoms with E-state index in [-0.39, 0.29) is 132 Å². The predicted molar refractivity (Wildman–Crippen MR) is 399 cm³/mol. The normalized spacial score (nSPS) is 12.6. The highest BCUT2D eigenvalue weighted by Crippen LogP contribution is 2.47. The Labute approximate surface area is 632 Å². The van der Waals surface area contributed by atoms with Crippen LogP contribution in [0.5, 0.6) is 11.6 Å². The molecule has 0 radical (unpaired) electrons. The molecule has 9 aromatic rings. The number of thioether (sulfide) groups is 2. The number of hydrogen-bond acceptors (Lipinski definition) is 35. The van der Waals surface area contributed by atoms with E-state index in [2.05, 4.69) is 88.2 Å².